The third-order valence-electron chi connectivity index (χ3n) is 3.70. The van der Waals surface area contributed by atoms with Gasteiger partial charge in [0.1, 0.15) is 0 Å². The lowest BCUT2D eigenvalue weighted by molar-refractivity contribution is 0.0963. The number of nitrogens with zero attached hydrogens (tertiary/aromatic N) is 1. The van der Waals surface area contributed by atoms with Crippen LogP contribution in [0.4, 0.5) is 11.4 Å². The van der Waals surface area contributed by atoms with Crippen molar-refractivity contribution in [2.75, 3.05) is 17.7 Å². The lowest BCUT2D eigenvalue weighted by Gasteiger charge is -2.20. The minimum atomic E-state index is -0.0945. The number of carbonyl (C=O) groups is 1. The first-order chi connectivity index (χ1) is 9.69. The first kappa shape index (κ1) is 12.5. The molecule has 1 aliphatic heterocycles. The van der Waals surface area contributed by atoms with Crippen LogP contribution in [-0.2, 0) is 13.1 Å². The number of hydrogen-bond donors (Lipinski definition) is 2. The summed E-state index contributed by atoms with van der Waals surface area (Å²) in [5, 5.41) is 2.64. The van der Waals surface area contributed by atoms with E-state index in [1.807, 2.05) is 18.2 Å². The van der Waals surface area contributed by atoms with Crippen LogP contribution >= 0.6 is 0 Å². The summed E-state index contributed by atoms with van der Waals surface area (Å²) in [5.41, 5.74) is 11.0. The Morgan fingerprint density at radius 1 is 1.15 bits per heavy atom. The molecule has 0 aromatic heterocycles. The molecule has 0 bridgehead atoms. The highest BCUT2D eigenvalue weighted by Gasteiger charge is 2.21. The second-order valence-electron chi connectivity index (χ2n) is 4.98. The van der Waals surface area contributed by atoms with E-state index in [1.165, 1.54) is 11.1 Å². The smallest absolute Gasteiger partial charge is 0.251 e. The fraction of sp³-hybridized carbons (Fsp3) is 0.188. The summed E-state index contributed by atoms with van der Waals surface area (Å²) in [5.74, 6) is -0.0945. The number of anilines is 2. The summed E-state index contributed by atoms with van der Waals surface area (Å²) in [6.45, 7) is 1.66. The third-order valence-corrected chi connectivity index (χ3v) is 3.70. The topological polar surface area (TPSA) is 58.4 Å². The Morgan fingerprint density at radius 2 is 1.80 bits per heavy atom. The van der Waals surface area contributed by atoms with Crippen molar-refractivity contribution < 1.29 is 4.79 Å². The van der Waals surface area contributed by atoms with Gasteiger partial charge in [-0.1, -0.05) is 24.3 Å². The average Bonchev–Trinajstić information content (AvgIpc) is 2.90. The second-order valence-corrected chi connectivity index (χ2v) is 4.98. The summed E-state index contributed by atoms with van der Waals surface area (Å²) in [7, 11) is 1.63. The summed E-state index contributed by atoms with van der Waals surface area (Å²) in [6, 6.07) is 13.8. The molecule has 1 amide bonds. The Hall–Kier alpha value is -2.49. The molecular weight excluding hydrogens is 250 g/mol. The van der Waals surface area contributed by atoms with E-state index in [2.05, 4.69) is 22.3 Å². The molecule has 2 aromatic carbocycles. The van der Waals surface area contributed by atoms with Gasteiger partial charge in [0.2, 0.25) is 0 Å². The van der Waals surface area contributed by atoms with Crippen LogP contribution in [-0.4, -0.2) is 13.0 Å². The number of carbonyl (C=O) groups excluding carboxylic acids is 1. The second kappa shape index (κ2) is 4.89. The van der Waals surface area contributed by atoms with E-state index in [0.29, 0.717) is 11.3 Å². The van der Waals surface area contributed by atoms with Crippen molar-refractivity contribution in [2.24, 2.45) is 0 Å². The lowest BCUT2D eigenvalue weighted by Crippen LogP contribution is -2.20. The van der Waals surface area contributed by atoms with Gasteiger partial charge in [-0.15, -0.1) is 0 Å². The highest BCUT2D eigenvalue weighted by Crippen LogP contribution is 2.32. The van der Waals surface area contributed by atoms with Gasteiger partial charge in [0.05, 0.1) is 11.4 Å². The third kappa shape index (κ3) is 2.09. The zero-order chi connectivity index (χ0) is 14.1. The molecule has 0 saturated carbocycles. The number of benzene rings is 2. The van der Waals surface area contributed by atoms with E-state index in [9.17, 15) is 4.79 Å². The molecule has 0 unspecified atom stereocenters. The van der Waals surface area contributed by atoms with Crippen molar-refractivity contribution in [1.82, 2.24) is 5.32 Å². The Kier molecular flexibility index (Phi) is 3.06. The Labute approximate surface area is 118 Å². The van der Waals surface area contributed by atoms with E-state index < -0.39 is 0 Å². The van der Waals surface area contributed by atoms with Crippen LogP contribution in [0.1, 0.15) is 21.5 Å². The zero-order valence-electron chi connectivity index (χ0n) is 11.4. The zero-order valence-corrected chi connectivity index (χ0v) is 11.4. The minimum absolute atomic E-state index is 0.0945. The van der Waals surface area contributed by atoms with E-state index in [-0.39, 0.29) is 5.91 Å². The first-order valence-corrected chi connectivity index (χ1v) is 6.62. The van der Waals surface area contributed by atoms with E-state index in [0.717, 1.165) is 18.8 Å². The van der Waals surface area contributed by atoms with Crippen LogP contribution in [0.3, 0.4) is 0 Å². The van der Waals surface area contributed by atoms with Gasteiger partial charge in [0, 0.05) is 25.7 Å². The van der Waals surface area contributed by atoms with Crippen molar-refractivity contribution in [1.29, 1.82) is 0 Å². The van der Waals surface area contributed by atoms with Gasteiger partial charge in [0.15, 0.2) is 0 Å². The predicted octanol–water partition coefficient (Wildman–Crippen LogP) is 2.15. The van der Waals surface area contributed by atoms with Gasteiger partial charge in [-0.2, -0.15) is 0 Å². The standard InChI is InChI=1S/C16H17N3O/c1-18-16(20)11-6-7-14(17)15(8-11)19-9-12-4-2-3-5-13(12)10-19/h2-8H,9-10,17H2,1H3,(H,18,20). The largest absolute Gasteiger partial charge is 0.397 e. The average molecular weight is 267 g/mol. The van der Waals surface area contributed by atoms with Crippen LogP contribution in [0, 0.1) is 0 Å². The fourth-order valence-corrected chi connectivity index (χ4v) is 2.61. The van der Waals surface area contributed by atoms with Crippen LogP contribution in [0.5, 0.6) is 0 Å². The van der Waals surface area contributed by atoms with Crippen molar-refractivity contribution in [3.63, 3.8) is 0 Å². The number of rotatable bonds is 2. The molecule has 1 heterocycles. The van der Waals surface area contributed by atoms with Crippen molar-refractivity contribution in [3.8, 4) is 0 Å². The summed E-state index contributed by atoms with van der Waals surface area (Å²) in [6.07, 6.45) is 0. The molecule has 102 valence electrons. The molecule has 0 radical (unpaired) electrons. The molecule has 2 aromatic rings. The van der Waals surface area contributed by atoms with Crippen LogP contribution in [0.15, 0.2) is 42.5 Å². The molecule has 4 heteroatoms. The van der Waals surface area contributed by atoms with Crippen molar-refractivity contribution in [3.05, 3.63) is 59.2 Å². The molecule has 20 heavy (non-hydrogen) atoms. The molecule has 0 aliphatic carbocycles. The van der Waals surface area contributed by atoms with Crippen molar-refractivity contribution in [2.45, 2.75) is 13.1 Å². The highest BCUT2D eigenvalue weighted by molar-refractivity contribution is 5.96. The van der Waals surface area contributed by atoms with Gasteiger partial charge >= 0.3 is 0 Å². The van der Waals surface area contributed by atoms with E-state index >= 15 is 0 Å². The molecule has 0 atom stereocenters. The lowest BCUT2D eigenvalue weighted by atomic mass is 10.1. The summed E-state index contributed by atoms with van der Waals surface area (Å²) >= 11 is 0. The van der Waals surface area contributed by atoms with Crippen LogP contribution in [0.25, 0.3) is 0 Å². The van der Waals surface area contributed by atoms with E-state index in [1.54, 1.807) is 19.2 Å². The molecule has 0 spiro atoms. The van der Waals surface area contributed by atoms with Gasteiger partial charge in [-0.05, 0) is 29.3 Å². The SMILES string of the molecule is CNC(=O)c1ccc(N)c(N2Cc3ccccc3C2)c1. The van der Waals surface area contributed by atoms with Gasteiger partial charge in [-0.3, -0.25) is 4.79 Å². The number of nitrogens with two attached hydrogens (primary N) is 1. The quantitative estimate of drug-likeness (QED) is 0.820. The normalized spacial score (nSPS) is 13.2. The molecule has 0 saturated heterocycles. The maximum absolute atomic E-state index is 11.7. The maximum Gasteiger partial charge on any atom is 0.251 e. The molecule has 3 rings (SSSR count). The molecular formula is C16H17N3O. The number of nitrogens with one attached hydrogen (secondary N) is 1. The van der Waals surface area contributed by atoms with Crippen molar-refractivity contribution >= 4 is 17.3 Å². The Bertz CT molecular complexity index is 642. The minimum Gasteiger partial charge on any atom is -0.397 e. The van der Waals surface area contributed by atoms with Crippen LogP contribution in [0.2, 0.25) is 0 Å². The number of amides is 1. The first-order valence-electron chi connectivity index (χ1n) is 6.62. The van der Waals surface area contributed by atoms with Gasteiger partial charge < -0.3 is 16.0 Å². The Morgan fingerprint density at radius 3 is 2.40 bits per heavy atom. The molecule has 3 N–H and O–H groups in total. The van der Waals surface area contributed by atoms with Crippen LogP contribution < -0.4 is 16.0 Å². The predicted molar refractivity (Wildman–Crippen MR) is 80.6 cm³/mol. The molecule has 4 nitrogen and oxygen atoms in total. The number of hydrogen-bond acceptors (Lipinski definition) is 3. The highest BCUT2D eigenvalue weighted by atomic mass is 16.1. The van der Waals surface area contributed by atoms with Gasteiger partial charge in [-0.25, -0.2) is 0 Å². The maximum atomic E-state index is 11.7. The number of nitrogen functional groups attached to an aromatic ring is 1. The molecule has 1 aliphatic rings. The van der Waals surface area contributed by atoms with E-state index in [4.69, 9.17) is 5.73 Å². The monoisotopic (exact) mass is 267 g/mol. The van der Waals surface area contributed by atoms with Gasteiger partial charge in [0.25, 0.3) is 5.91 Å². The summed E-state index contributed by atoms with van der Waals surface area (Å²) in [4.78, 5) is 13.9. The number of fused-ring (bicyclic) bond motifs is 1. The summed E-state index contributed by atoms with van der Waals surface area (Å²) < 4.78 is 0. The Balaban J connectivity index is 1.94. The fourth-order valence-electron chi connectivity index (χ4n) is 2.61. The molecule has 0 fully saturated rings.